The molecular formula is C15H25NO4. The topological polar surface area (TPSA) is 75.6 Å². The van der Waals surface area contributed by atoms with Gasteiger partial charge < -0.3 is 15.2 Å². The van der Waals surface area contributed by atoms with Gasteiger partial charge in [0, 0.05) is 6.42 Å². The summed E-state index contributed by atoms with van der Waals surface area (Å²) in [6, 6.07) is -0.978. The van der Waals surface area contributed by atoms with Crippen molar-refractivity contribution in [1.29, 1.82) is 0 Å². The molecule has 1 aliphatic carbocycles. The van der Waals surface area contributed by atoms with E-state index in [2.05, 4.69) is 11.9 Å². The third-order valence-corrected chi connectivity index (χ3v) is 3.66. The number of carboxylic acids is 1. The van der Waals surface area contributed by atoms with Crippen LogP contribution in [0, 0.1) is 5.92 Å². The van der Waals surface area contributed by atoms with Crippen molar-refractivity contribution in [3.8, 4) is 0 Å². The van der Waals surface area contributed by atoms with Crippen LogP contribution in [-0.2, 0) is 14.3 Å². The maximum atomic E-state index is 11.8. The molecule has 0 saturated heterocycles. The summed E-state index contributed by atoms with van der Waals surface area (Å²) in [5.41, 5.74) is 0. The van der Waals surface area contributed by atoms with E-state index in [0.717, 1.165) is 6.42 Å². The first-order valence-electron chi connectivity index (χ1n) is 7.34. The summed E-state index contributed by atoms with van der Waals surface area (Å²) >= 11 is 0. The Morgan fingerprint density at radius 2 is 2.05 bits per heavy atom. The van der Waals surface area contributed by atoms with E-state index in [9.17, 15) is 9.59 Å². The lowest BCUT2D eigenvalue weighted by atomic mass is 9.86. The molecular weight excluding hydrogens is 258 g/mol. The van der Waals surface area contributed by atoms with Gasteiger partial charge in [0.05, 0.1) is 13.2 Å². The van der Waals surface area contributed by atoms with Crippen LogP contribution in [0.15, 0.2) is 12.7 Å². The fourth-order valence-corrected chi connectivity index (χ4v) is 2.52. The molecule has 0 aliphatic heterocycles. The Bertz CT molecular complexity index is 324. The Labute approximate surface area is 120 Å². The van der Waals surface area contributed by atoms with E-state index in [1.54, 1.807) is 6.08 Å². The van der Waals surface area contributed by atoms with E-state index in [1.165, 1.54) is 32.1 Å². The lowest BCUT2D eigenvalue weighted by Crippen LogP contribution is -2.44. The summed E-state index contributed by atoms with van der Waals surface area (Å²) in [5.74, 6) is -0.653. The lowest BCUT2D eigenvalue weighted by molar-refractivity contribution is -0.143. The van der Waals surface area contributed by atoms with Gasteiger partial charge in [-0.1, -0.05) is 38.2 Å². The van der Waals surface area contributed by atoms with Gasteiger partial charge in [0.25, 0.3) is 0 Å². The van der Waals surface area contributed by atoms with Crippen LogP contribution in [0.1, 0.15) is 44.9 Å². The first kappa shape index (κ1) is 16.7. The number of ether oxygens (including phenoxy) is 1. The maximum absolute atomic E-state index is 11.8. The average Bonchev–Trinajstić information content (AvgIpc) is 2.45. The van der Waals surface area contributed by atoms with Crippen molar-refractivity contribution in [2.45, 2.75) is 51.0 Å². The van der Waals surface area contributed by atoms with Crippen LogP contribution in [0.25, 0.3) is 0 Å². The number of rotatable bonds is 9. The Kier molecular flexibility index (Phi) is 7.95. The molecule has 2 N–H and O–H groups in total. The number of hydrogen-bond donors (Lipinski definition) is 2. The summed E-state index contributed by atoms with van der Waals surface area (Å²) in [6.45, 7) is 3.73. The highest BCUT2D eigenvalue weighted by Crippen LogP contribution is 2.27. The molecule has 0 spiro atoms. The largest absolute Gasteiger partial charge is 0.480 e. The second-order valence-electron chi connectivity index (χ2n) is 5.33. The van der Waals surface area contributed by atoms with Gasteiger partial charge in [-0.2, -0.15) is 0 Å². The fourth-order valence-electron chi connectivity index (χ4n) is 2.52. The predicted octanol–water partition coefficient (Wildman–Crippen LogP) is 2.12. The van der Waals surface area contributed by atoms with Crippen LogP contribution >= 0.6 is 0 Å². The normalized spacial score (nSPS) is 17.4. The van der Waals surface area contributed by atoms with Crippen molar-refractivity contribution in [3.63, 3.8) is 0 Å². The van der Waals surface area contributed by atoms with Crippen LogP contribution in [0.3, 0.4) is 0 Å². The monoisotopic (exact) mass is 283 g/mol. The van der Waals surface area contributed by atoms with E-state index in [-0.39, 0.29) is 19.1 Å². The molecule has 1 amide bonds. The Hall–Kier alpha value is -1.36. The Balaban J connectivity index is 2.25. The van der Waals surface area contributed by atoms with Crippen LogP contribution in [0.5, 0.6) is 0 Å². The summed E-state index contributed by atoms with van der Waals surface area (Å²) in [4.78, 5) is 22.8. The van der Waals surface area contributed by atoms with Crippen molar-refractivity contribution in [2.24, 2.45) is 5.92 Å². The zero-order valence-corrected chi connectivity index (χ0v) is 12.0. The molecule has 1 atom stereocenters. The molecule has 0 aromatic carbocycles. The van der Waals surface area contributed by atoms with Crippen LogP contribution in [0.2, 0.25) is 0 Å². The minimum atomic E-state index is -1.07. The second-order valence-corrected chi connectivity index (χ2v) is 5.33. The van der Waals surface area contributed by atoms with E-state index >= 15 is 0 Å². The van der Waals surface area contributed by atoms with Gasteiger partial charge in [-0.3, -0.25) is 4.79 Å². The number of hydrogen-bond acceptors (Lipinski definition) is 3. The number of amides is 1. The molecule has 1 aliphatic rings. The van der Waals surface area contributed by atoms with Gasteiger partial charge >= 0.3 is 5.97 Å². The molecule has 1 fully saturated rings. The average molecular weight is 283 g/mol. The minimum Gasteiger partial charge on any atom is -0.480 e. The van der Waals surface area contributed by atoms with E-state index in [4.69, 9.17) is 9.84 Å². The van der Waals surface area contributed by atoms with Crippen molar-refractivity contribution in [1.82, 2.24) is 5.32 Å². The van der Waals surface area contributed by atoms with Crippen LogP contribution < -0.4 is 5.32 Å². The number of carbonyl (C=O) groups excluding carboxylic acids is 1. The molecule has 5 nitrogen and oxygen atoms in total. The fraction of sp³-hybridized carbons (Fsp3) is 0.733. The standard InChI is InChI=1S/C15H25NO4/c1-2-10-20-11-13(15(18)19)16-14(17)9-8-12-6-4-3-5-7-12/h2,12-13H,1,3-11H2,(H,16,17)(H,18,19). The molecule has 0 bridgehead atoms. The predicted molar refractivity (Wildman–Crippen MR) is 76.4 cm³/mol. The lowest BCUT2D eigenvalue weighted by Gasteiger charge is -2.21. The van der Waals surface area contributed by atoms with Gasteiger partial charge in [-0.05, 0) is 12.3 Å². The van der Waals surface area contributed by atoms with Gasteiger partial charge in [-0.15, -0.1) is 6.58 Å². The highest BCUT2D eigenvalue weighted by atomic mass is 16.5. The number of carboxylic acid groups (broad SMARTS) is 1. The van der Waals surface area contributed by atoms with Gasteiger partial charge in [0.1, 0.15) is 0 Å². The molecule has 0 aromatic heterocycles. The number of aliphatic carboxylic acids is 1. The highest BCUT2D eigenvalue weighted by molar-refractivity contribution is 5.83. The van der Waals surface area contributed by atoms with Crippen molar-refractivity contribution in [3.05, 3.63) is 12.7 Å². The summed E-state index contributed by atoms with van der Waals surface area (Å²) in [5, 5.41) is 11.5. The smallest absolute Gasteiger partial charge is 0.328 e. The third kappa shape index (κ3) is 6.70. The SMILES string of the molecule is C=CCOCC(NC(=O)CCC1CCCCC1)C(=O)O. The van der Waals surface area contributed by atoms with E-state index < -0.39 is 12.0 Å². The van der Waals surface area contributed by atoms with Crippen molar-refractivity contribution in [2.75, 3.05) is 13.2 Å². The second kappa shape index (κ2) is 9.53. The molecule has 1 unspecified atom stereocenters. The molecule has 0 radical (unpaired) electrons. The van der Waals surface area contributed by atoms with Gasteiger partial charge in [-0.25, -0.2) is 4.79 Å². The molecule has 1 saturated carbocycles. The number of carbonyl (C=O) groups is 2. The quantitative estimate of drug-likeness (QED) is 0.502. The molecule has 1 rings (SSSR count). The molecule has 5 heteroatoms. The summed E-state index contributed by atoms with van der Waals surface area (Å²) < 4.78 is 5.09. The molecule has 0 aromatic rings. The maximum Gasteiger partial charge on any atom is 0.328 e. The zero-order chi connectivity index (χ0) is 14.8. The van der Waals surface area contributed by atoms with Crippen LogP contribution in [-0.4, -0.2) is 36.2 Å². The summed E-state index contributed by atoms with van der Waals surface area (Å²) in [7, 11) is 0. The third-order valence-electron chi connectivity index (χ3n) is 3.66. The Morgan fingerprint density at radius 3 is 2.65 bits per heavy atom. The van der Waals surface area contributed by atoms with Crippen LogP contribution in [0.4, 0.5) is 0 Å². The summed E-state index contributed by atoms with van der Waals surface area (Å²) in [6.07, 6.45) is 8.98. The van der Waals surface area contributed by atoms with Gasteiger partial charge in [0.15, 0.2) is 6.04 Å². The van der Waals surface area contributed by atoms with E-state index in [0.29, 0.717) is 12.3 Å². The highest BCUT2D eigenvalue weighted by Gasteiger charge is 2.21. The van der Waals surface area contributed by atoms with Crippen molar-refractivity contribution < 1.29 is 19.4 Å². The molecule has 20 heavy (non-hydrogen) atoms. The zero-order valence-electron chi connectivity index (χ0n) is 12.0. The molecule has 114 valence electrons. The first-order chi connectivity index (χ1) is 9.63. The number of nitrogens with one attached hydrogen (secondary N) is 1. The molecule has 0 heterocycles. The van der Waals surface area contributed by atoms with Gasteiger partial charge in [0.2, 0.25) is 5.91 Å². The first-order valence-corrected chi connectivity index (χ1v) is 7.34. The minimum absolute atomic E-state index is 0.0312. The Morgan fingerprint density at radius 1 is 1.35 bits per heavy atom. The van der Waals surface area contributed by atoms with Crippen molar-refractivity contribution >= 4 is 11.9 Å². The van der Waals surface area contributed by atoms with E-state index in [1.807, 2.05) is 0 Å².